The smallest absolute Gasteiger partial charge is 0.153 e. The third-order valence-corrected chi connectivity index (χ3v) is 4.02. The zero-order chi connectivity index (χ0) is 13.9. The van der Waals surface area contributed by atoms with Crippen LogP contribution in [0.2, 0.25) is 0 Å². The summed E-state index contributed by atoms with van der Waals surface area (Å²) in [6.07, 6.45) is 5.21. The zero-order valence-electron chi connectivity index (χ0n) is 12.1. The van der Waals surface area contributed by atoms with Crippen molar-refractivity contribution in [2.24, 2.45) is 5.92 Å². The average molecular weight is 271 g/mol. The van der Waals surface area contributed by atoms with Gasteiger partial charge < -0.3 is 5.32 Å². The van der Waals surface area contributed by atoms with Gasteiger partial charge in [0.1, 0.15) is 0 Å². The molecule has 1 aromatic carbocycles. The standard InChI is InChI=1S/C15H21N5/c1-11-5-3-6-13(9-11)16-14-7-4-8-15(10-14)20-12(2)17-18-19-20/h4,7-8,10-11,13,16H,3,5-6,9H2,1-2H3. The molecule has 0 bridgehead atoms. The van der Waals surface area contributed by atoms with E-state index in [9.17, 15) is 0 Å². The number of hydrogen-bond donors (Lipinski definition) is 1. The first-order chi connectivity index (χ1) is 9.72. The van der Waals surface area contributed by atoms with Crippen LogP contribution in [0.5, 0.6) is 0 Å². The van der Waals surface area contributed by atoms with Crippen molar-refractivity contribution < 1.29 is 0 Å². The van der Waals surface area contributed by atoms with Crippen LogP contribution in [-0.4, -0.2) is 26.2 Å². The molecule has 3 rings (SSSR count). The molecule has 0 spiro atoms. The SMILES string of the molecule is Cc1nnnn1-c1cccc(NC2CCCC(C)C2)c1. The van der Waals surface area contributed by atoms with Crippen LogP contribution < -0.4 is 5.32 Å². The first kappa shape index (κ1) is 13.1. The van der Waals surface area contributed by atoms with Crippen molar-refractivity contribution in [1.82, 2.24) is 20.2 Å². The van der Waals surface area contributed by atoms with E-state index in [2.05, 4.69) is 39.9 Å². The van der Waals surface area contributed by atoms with Gasteiger partial charge in [0.15, 0.2) is 5.82 Å². The van der Waals surface area contributed by atoms with Gasteiger partial charge in [-0.2, -0.15) is 4.68 Å². The van der Waals surface area contributed by atoms with Gasteiger partial charge in [-0.05, 0) is 54.3 Å². The summed E-state index contributed by atoms with van der Waals surface area (Å²) in [5.74, 6) is 1.62. The van der Waals surface area contributed by atoms with Crippen molar-refractivity contribution in [1.29, 1.82) is 0 Å². The van der Waals surface area contributed by atoms with E-state index in [0.29, 0.717) is 6.04 Å². The van der Waals surface area contributed by atoms with Crippen LogP contribution in [0.3, 0.4) is 0 Å². The Morgan fingerprint density at radius 1 is 1.30 bits per heavy atom. The summed E-state index contributed by atoms with van der Waals surface area (Å²) in [6.45, 7) is 4.25. The molecule has 20 heavy (non-hydrogen) atoms. The predicted octanol–water partition coefficient (Wildman–Crippen LogP) is 2.96. The second-order valence-corrected chi connectivity index (χ2v) is 5.80. The molecule has 1 aliphatic carbocycles. The normalized spacial score (nSPS) is 22.7. The number of anilines is 1. The minimum atomic E-state index is 0.587. The van der Waals surface area contributed by atoms with Crippen molar-refractivity contribution in [2.45, 2.75) is 45.6 Å². The molecule has 2 unspecified atom stereocenters. The topological polar surface area (TPSA) is 55.6 Å². The molecule has 1 N–H and O–H groups in total. The van der Waals surface area contributed by atoms with E-state index in [1.165, 1.54) is 25.7 Å². The highest BCUT2D eigenvalue weighted by Gasteiger charge is 2.18. The lowest BCUT2D eigenvalue weighted by Gasteiger charge is -2.28. The van der Waals surface area contributed by atoms with E-state index in [-0.39, 0.29) is 0 Å². The average Bonchev–Trinajstić information content (AvgIpc) is 2.85. The molecule has 0 radical (unpaired) electrons. The molecule has 106 valence electrons. The van der Waals surface area contributed by atoms with E-state index in [1.807, 2.05) is 19.1 Å². The monoisotopic (exact) mass is 271 g/mol. The third kappa shape index (κ3) is 2.81. The van der Waals surface area contributed by atoms with Gasteiger partial charge in [-0.1, -0.05) is 25.8 Å². The van der Waals surface area contributed by atoms with Crippen molar-refractivity contribution in [3.05, 3.63) is 30.1 Å². The summed E-state index contributed by atoms with van der Waals surface area (Å²) in [6, 6.07) is 8.89. The second kappa shape index (κ2) is 5.61. The van der Waals surface area contributed by atoms with Crippen LogP contribution in [-0.2, 0) is 0 Å². The molecule has 2 aromatic rings. The fourth-order valence-corrected chi connectivity index (χ4v) is 3.00. The van der Waals surface area contributed by atoms with Crippen molar-refractivity contribution >= 4 is 5.69 Å². The summed E-state index contributed by atoms with van der Waals surface area (Å²) >= 11 is 0. The summed E-state index contributed by atoms with van der Waals surface area (Å²) in [4.78, 5) is 0. The first-order valence-electron chi connectivity index (χ1n) is 7.34. The Morgan fingerprint density at radius 3 is 2.95 bits per heavy atom. The lowest BCUT2D eigenvalue weighted by molar-refractivity contribution is 0.358. The Kier molecular flexibility index (Phi) is 3.67. The second-order valence-electron chi connectivity index (χ2n) is 5.80. The summed E-state index contributed by atoms with van der Waals surface area (Å²) < 4.78 is 1.76. The van der Waals surface area contributed by atoms with Crippen molar-refractivity contribution in [3.8, 4) is 5.69 Å². The van der Waals surface area contributed by atoms with Gasteiger partial charge >= 0.3 is 0 Å². The lowest BCUT2D eigenvalue weighted by atomic mass is 9.87. The van der Waals surface area contributed by atoms with Crippen LogP contribution in [0, 0.1) is 12.8 Å². The van der Waals surface area contributed by atoms with Gasteiger partial charge in [0, 0.05) is 11.7 Å². The van der Waals surface area contributed by atoms with E-state index in [0.717, 1.165) is 23.1 Å². The van der Waals surface area contributed by atoms with Gasteiger partial charge in [0.25, 0.3) is 0 Å². The largest absolute Gasteiger partial charge is 0.382 e. The fourth-order valence-electron chi connectivity index (χ4n) is 3.00. The van der Waals surface area contributed by atoms with E-state index < -0.39 is 0 Å². The van der Waals surface area contributed by atoms with Gasteiger partial charge in [-0.3, -0.25) is 0 Å². The number of tetrazole rings is 1. The molecular weight excluding hydrogens is 250 g/mol. The Hall–Kier alpha value is -1.91. The quantitative estimate of drug-likeness (QED) is 0.932. The fraction of sp³-hybridized carbons (Fsp3) is 0.533. The predicted molar refractivity (Wildman–Crippen MR) is 78.9 cm³/mol. The highest BCUT2D eigenvalue weighted by Crippen LogP contribution is 2.26. The molecule has 1 aromatic heterocycles. The number of hydrogen-bond acceptors (Lipinski definition) is 4. The van der Waals surface area contributed by atoms with E-state index >= 15 is 0 Å². The van der Waals surface area contributed by atoms with Gasteiger partial charge in [-0.15, -0.1) is 5.10 Å². The van der Waals surface area contributed by atoms with Crippen molar-refractivity contribution in [2.75, 3.05) is 5.32 Å². The highest BCUT2D eigenvalue weighted by molar-refractivity contribution is 5.51. The maximum atomic E-state index is 4.01. The minimum absolute atomic E-state index is 0.587. The van der Waals surface area contributed by atoms with Crippen LogP contribution >= 0.6 is 0 Å². The Bertz CT molecular complexity index is 577. The first-order valence-corrected chi connectivity index (χ1v) is 7.34. The van der Waals surface area contributed by atoms with Crippen LogP contribution in [0.4, 0.5) is 5.69 Å². The maximum absolute atomic E-state index is 4.01. The molecule has 5 nitrogen and oxygen atoms in total. The molecule has 1 aliphatic rings. The Balaban J connectivity index is 1.76. The molecular formula is C15H21N5. The molecule has 1 heterocycles. The molecule has 0 saturated heterocycles. The Morgan fingerprint density at radius 2 is 2.20 bits per heavy atom. The van der Waals surface area contributed by atoms with Gasteiger partial charge in [0.05, 0.1) is 5.69 Å². The van der Waals surface area contributed by atoms with E-state index in [1.54, 1.807) is 4.68 Å². The zero-order valence-corrected chi connectivity index (χ0v) is 12.1. The summed E-state index contributed by atoms with van der Waals surface area (Å²) in [7, 11) is 0. The minimum Gasteiger partial charge on any atom is -0.382 e. The number of benzene rings is 1. The molecule has 5 heteroatoms. The number of aromatic nitrogens is 4. The molecule has 1 saturated carbocycles. The number of nitrogens with one attached hydrogen (secondary N) is 1. The lowest BCUT2D eigenvalue weighted by Crippen LogP contribution is -2.26. The summed E-state index contributed by atoms with van der Waals surface area (Å²) in [5, 5.41) is 15.3. The van der Waals surface area contributed by atoms with E-state index in [4.69, 9.17) is 0 Å². The number of aryl methyl sites for hydroxylation is 1. The highest BCUT2D eigenvalue weighted by atomic mass is 15.5. The summed E-state index contributed by atoms with van der Waals surface area (Å²) in [5.41, 5.74) is 2.15. The maximum Gasteiger partial charge on any atom is 0.153 e. The third-order valence-electron chi connectivity index (χ3n) is 4.02. The molecule has 2 atom stereocenters. The molecule has 1 fully saturated rings. The molecule has 0 amide bonds. The van der Waals surface area contributed by atoms with Gasteiger partial charge in [-0.25, -0.2) is 0 Å². The number of nitrogens with zero attached hydrogens (tertiary/aromatic N) is 4. The van der Waals surface area contributed by atoms with Crippen molar-refractivity contribution in [3.63, 3.8) is 0 Å². The number of rotatable bonds is 3. The molecule has 0 aliphatic heterocycles. The Labute approximate surface area is 119 Å². The van der Waals surface area contributed by atoms with Crippen LogP contribution in [0.15, 0.2) is 24.3 Å². The van der Waals surface area contributed by atoms with Gasteiger partial charge in [0.2, 0.25) is 0 Å². The van der Waals surface area contributed by atoms with Crippen LogP contribution in [0.25, 0.3) is 5.69 Å². The van der Waals surface area contributed by atoms with Crippen LogP contribution in [0.1, 0.15) is 38.4 Å².